The van der Waals surface area contributed by atoms with E-state index in [2.05, 4.69) is 11.1 Å². The van der Waals surface area contributed by atoms with E-state index < -0.39 is 5.41 Å². The van der Waals surface area contributed by atoms with Gasteiger partial charge < -0.3 is 0 Å². The Hall–Kier alpha value is -0.880. The summed E-state index contributed by atoms with van der Waals surface area (Å²) >= 11 is 1.75. The highest BCUT2D eigenvalue weighted by atomic mass is 32.1. The van der Waals surface area contributed by atoms with Crippen LogP contribution in [0.2, 0.25) is 0 Å². The number of thiazole rings is 1. The van der Waals surface area contributed by atoms with E-state index in [9.17, 15) is 0 Å². The number of hydrogen-bond acceptors (Lipinski definition) is 3. The molecule has 1 heterocycles. The monoisotopic (exact) mass is 220 g/mol. The minimum absolute atomic E-state index is 0.420. The Morgan fingerprint density at radius 3 is 2.73 bits per heavy atom. The molecule has 1 aliphatic carbocycles. The summed E-state index contributed by atoms with van der Waals surface area (Å²) in [6.45, 7) is 3.90. The minimum Gasteiger partial charge on any atom is -0.244 e. The molecular formula is C12H16N2S. The number of nitriles is 1. The van der Waals surface area contributed by atoms with Crippen molar-refractivity contribution >= 4 is 11.3 Å². The van der Waals surface area contributed by atoms with Crippen molar-refractivity contribution in [3.8, 4) is 6.07 Å². The van der Waals surface area contributed by atoms with Crippen LogP contribution < -0.4 is 0 Å². The smallest absolute Gasteiger partial charge is 0.113 e. The molecule has 0 radical (unpaired) electrons. The SMILES string of the molecule is CC(C)(C#N)c1nc2c(s1)CCCCC2. The molecular weight excluding hydrogens is 204 g/mol. The van der Waals surface area contributed by atoms with Gasteiger partial charge in [-0.1, -0.05) is 6.42 Å². The average Bonchev–Trinajstić information content (AvgIpc) is 2.51. The number of aromatic nitrogens is 1. The zero-order chi connectivity index (χ0) is 10.9. The lowest BCUT2D eigenvalue weighted by molar-refractivity contribution is 0.668. The van der Waals surface area contributed by atoms with Crippen LogP contribution >= 0.6 is 11.3 Å². The molecule has 0 saturated heterocycles. The molecule has 15 heavy (non-hydrogen) atoms. The van der Waals surface area contributed by atoms with Gasteiger partial charge in [0.25, 0.3) is 0 Å². The average molecular weight is 220 g/mol. The van der Waals surface area contributed by atoms with Crippen molar-refractivity contribution in [1.82, 2.24) is 4.98 Å². The van der Waals surface area contributed by atoms with Crippen LogP contribution in [0.1, 0.15) is 48.7 Å². The molecule has 0 fully saturated rings. The summed E-state index contributed by atoms with van der Waals surface area (Å²) in [5.41, 5.74) is 0.840. The molecule has 1 aromatic rings. The topological polar surface area (TPSA) is 36.7 Å². The molecule has 0 atom stereocenters. The molecule has 0 aliphatic heterocycles. The Morgan fingerprint density at radius 2 is 2.00 bits per heavy atom. The normalized spacial score (nSPS) is 16.6. The second kappa shape index (κ2) is 3.94. The van der Waals surface area contributed by atoms with E-state index in [0.717, 1.165) is 17.8 Å². The number of aryl methyl sites for hydroxylation is 2. The standard InChI is InChI=1S/C12H16N2S/c1-12(2,8-13)11-14-9-6-4-3-5-7-10(9)15-11/h3-7H2,1-2H3. The summed E-state index contributed by atoms with van der Waals surface area (Å²) < 4.78 is 0. The first-order valence-corrected chi connectivity index (χ1v) is 6.35. The van der Waals surface area contributed by atoms with Gasteiger partial charge >= 0.3 is 0 Å². The maximum Gasteiger partial charge on any atom is 0.113 e. The molecule has 1 aromatic heterocycles. The van der Waals surface area contributed by atoms with E-state index in [1.165, 1.54) is 29.8 Å². The molecule has 0 unspecified atom stereocenters. The van der Waals surface area contributed by atoms with Crippen molar-refractivity contribution in [2.75, 3.05) is 0 Å². The first-order valence-electron chi connectivity index (χ1n) is 5.54. The summed E-state index contributed by atoms with van der Waals surface area (Å²) in [5.74, 6) is 0. The van der Waals surface area contributed by atoms with Crippen molar-refractivity contribution in [1.29, 1.82) is 5.26 Å². The fraction of sp³-hybridized carbons (Fsp3) is 0.667. The summed E-state index contributed by atoms with van der Waals surface area (Å²) in [6, 6.07) is 2.33. The zero-order valence-corrected chi connectivity index (χ0v) is 10.2. The molecule has 0 spiro atoms. The second-order valence-electron chi connectivity index (χ2n) is 4.69. The predicted molar refractivity (Wildman–Crippen MR) is 62.0 cm³/mol. The van der Waals surface area contributed by atoms with Gasteiger partial charge in [-0.15, -0.1) is 11.3 Å². The van der Waals surface area contributed by atoms with Crippen LogP contribution in [0.5, 0.6) is 0 Å². The largest absolute Gasteiger partial charge is 0.244 e. The van der Waals surface area contributed by atoms with Crippen molar-refractivity contribution in [2.24, 2.45) is 0 Å². The summed E-state index contributed by atoms with van der Waals surface area (Å²) in [5, 5.41) is 10.1. The lowest BCUT2D eigenvalue weighted by Gasteiger charge is -2.10. The van der Waals surface area contributed by atoms with E-state index in [0.29, 0.717) is 0 Å². The van der Waals surface area contributed by atoms with Gasteiger partial charge in [0.1, 0.15) is 10.4 Å². The second-order valence-corrected chi connectivity index (χ2v) is 5.77. The molecule has 2 nitrogen and oxygen atoms in total. The van der Waals surface area contributed by atoms with Crippen LogP contribution in [0.15, 0.2) is 0 Å². The van der Waals surface area contributed by atoms with Crippen LogP contribution in [0.25, 0.3) is 0 Å². The molecule has 0 saturated carbocycles. The van der Waals surface area contributed by atoms with Crippen molar-refractivity contribution in [3.63, 3.8) is 0 Å². The maximum absolute atomic E-state index is 9.08. The third-order valence-corrected chi connectivity index (χ3v) is 4.39. The summed E-state index contributed by atoms with van der Waals surface area (Å²) in [7, 11) is 0. The third-order valence-electron chi connectivity index (χ3n) is 2.91. The first kappa shape index (κ1) is 10.6. The Bertz CT molecular complexity index is 375. The summed E-state index contributed by atoms with van der Waals surface area (Å²) in [6.07, 6.45) is 6.12. The lowest BCUT2D eigenvalue weighted by atomic mass is 9.97. The van der Waals surface area contributed by atoms with E-state index in [-0.39, 0.29) is 0 Å². The maximum atomic E-state index is 9.08. The molecule has 0 N–H and O–H groups in total. The highest BCUT2D eigenvalue weighted by molar-refractivity contribution is 7.12. The lowest BCUT2D eigenvalue weighted by Crippen LogP contribution is -2.13. The van der Waals surface area contributed by atoms with Crippen LogP contribution in [0, 0.1) is 11.3 Å². The highest BCUT2D eigenvalue weighted by Gasteiger charge is 2.26. The number of fused-ring (bicyclic) bond motifs is 1. The van der Waals surface area contributed by atoms with E-state index >= 15 is 0 Å². The Labute approximate surface area is 95.0 Å². The van der Waals surface area contributed by atoms with Crippen LogP contribution in [0.3, 0.4) is 0 Å². The van der Waals surface area contributed by atoms with E-state index in [4.69, 9.17) is 5.26 Å². The molecule has 0 amide bonds. The first-order chi connectivity index (χ1) is 7.13. The molecule has 80 valence electrons. The number of rotatable bonds is 1. The van der Waals surface area contributed by atoms with E-state index in [1.54, 1.807) is 11.3 Å². The fourth-order valence-corrected chi connectivity index (χ4v) is 3.05. The predicted octanol–water partition coefficient (Wildman–Crippen LogP) is 3.21. The molecule has 0 aromatic carbocycles. The van der Waals surface area contributed by atoms with Gasteiger partial charge in [0.15, 0.2) is 0 Å². The van der Waals surface area contributed by atoms with Gasteiger partial charge in [-0.2, -0.15) is 5.26 Å². The Kier molecular flexibility index (Phi) is 2.79. The van der Waals surface area contributed by atoms with Gasteiger partial charge in [0.2, 0.25) is 0 Å². The molecule has 0 bridgehead atoms. The van der Waals surface area contributed by atoms with Gasteiger partial charge in [0.05, 0.1) is 11.8 Å². The van der Waals surface area contributed by atoms with Crippen LogP contribution in [-0.4, -0.2) is 4.98 Å². The Morgan fingerprint density at radius 1 is 1.27 bits per heavy atom. The zero-order valence-electron chi connectivity index (χ0n) is 9.34. The van der Waals surface area contributed by atoms with Crippen molar-refractivity contribution in [2.45, 2.75) is 51.4 Å². The molecule has 1 aliphatic rings. The van der Waals surface area contributed by atoms with E-state index in [1.807, 2.05) is 13.8 Å². The minimum atomic E-state index is -0.420. The van der Waals surface area contributed by atoms with Crippen LogP contribution in [0.4, 0.5) is 0 Å². The number of hydrogen-bond donors (Lipinski definition) is 0. The molecule has 3 heteroatoms. The van der Waals surface area contributed by atoms with Crippen molar-refractivity contribution in [3.05, 3.63) is 15.6 Å². The van der Waals surface area contributed by atoms with Crippen molar-refractivity contribution < 1.29 is 0 Å². The highest BCUT2D eigenvalue weighted by Crippen LogP contribution is 2.32. The van der Waals surface area contributed by atoms with Gasteiger partial charge in [-0.05, 0) is 39.5 Å². The fourth-order valence-electron chi connectivity index (χ4n) is 1.84. The van der Waals surface area contributed by atoms with Crippen LogP contribution in [-0.2, 0) is 18.3 Å². The number of nitrogens with zero attached hydrogens (tertiary/aromatic N) is 2. The van der Waals surface area contributed by atoms with Gasteiger partial charge in [0, 0.05) is 4.88 Å². The van der Waals surface area contributed by atoms with Gasteiger partial charge in [-0.3, -0.25) is 0 Å². The summed E-state index contributed by atoms with van der Waals surface area (Å²) in [4.78, 5) is 6.07. The third kappa shape index (κ3) is 2.05. The molecule has 2 rings (SSSR count). The quantitative estimate of drug-likeness (QED) is 0.681. The van der Waals surface area contributed by atoms with Gasteiger partial charge in [-0.25, -0.2) is 4.98 Å². The Balaban J connectivity index is 2.35.